The smallest absolute Gasteiger partial charge is 0.307 e. The van der Waals surface area contributed by atoms with E-state index in [9.17, 15) is 19.8 Å². The maximum Gasteiger partial charge on any atom is 0.307 e. The van der Waals surface area contributed by atoms with E-state index < -0.39 is 23.8 Å². The third-order valence-electron chi connectivity index (χ3n) is 3.13. The highest BCUT2D eigenvalue weighted by atomic mass is 16.4. The van der Waals surface area contributed by atoms with E-state index in [2.05, 4.69) is 0 Å². The molecule has 0 saturated heterocycles. The molecule has 0 aliphatic heterocycles. The van der Waals surface area contributed by atoms with Gasteiger partial charge in [0, 0.05) is 11.9 Å². The van der Waals surface area contributed by atoms with E-state index in [0.717, 1.165) is 5.56 Å². The van der Waals surface area contributed by atoms with E-state index in [-0.39, 0.29) is 12.3 Å². The molecule has 4 heteroatoms. The average molecular weight is 263 g/mol. The van der Waals surface area contributed by atoms with E-state index in [0.29, 0.717) is 6.42 Å². The first-order valence-corrected chi connectivity index (χ1v) is 6.39. The van der Waals surface area contributed by atoms with Crippen LogP contribution in [-0.4, -0.2) is 17.0 Å². The molecule has 0 bridgehead atoms. The second-order valence-electron chi connectivity index (χ2n) is 5.19. The molecule has 19 heavy (non-hydrogen) atoms. The molecule has 0 heterocycles. The third-order valence-corrected chi connectivity index (χ3v) is 3.13. The predicted octanol–water partition coefficient (Wildman–Crippen LogP) is 1.34. The Morgan fingerprint density at radius 2 is 1.74 bits per heavy atom. The summed E-state index contributed by atoms with van der Waals surface area (Å²) < 4.78 is 0. The molecular weight excluding hydrogens is 244 g/mol. The standard InChI is InChI=1S/C15H20O4/c1-10(2)8-12(14(16)17)13(15(18)19)9-11-6-4-3-5-7-11/h3-7,10,12-13H,8-9H2,1-2H3,(H,16,17)(H,18,19)/p-1. The summed E-state index contributed by atoms with van der Waals surface area (Å²) in [4.78, 5) is 22.5. The van der Waals surface area contributed by atoms with Crippen LogP contribution in [0.3, 0.4) is 0 Å². The predicted molar refractivity (Wildman–Crippen MR) is 69.2 cm³/mol. The van der Waals surface area contributed by atoms with Gasteiger partial charge in [-0.2, -0.15) is 0 Å². The van der Waals surface area contributed by atoms with Gasteiger partial charge in [0.15, 0.2) is 0 Å². The molecule has 0 spiro atoms. The van der Waals surface area contributed by atoms with E-state index in [1.165, 1.54) is 0 Å². The Morgan fingerprint density at radius 1 is 1.16 bits per heavy atom. The fraction of sp³-hybridized carbons (Fsp3) is 0.467. The first-order valence-electron chi connectivity index (χ1n) is 6.39. The first-order chi connectivity index (χ1) is 8.91. The quantitative estimate of drug-likeness (QED) is 0.805. The molecule has 0 aliphatic rings. The highest BCUT2D eigenvalue weighted by Gasteiger charge is 2.29. The van der Waals surface area contributed by atoms with E-state index in [1.807, 2.05) is 32.0 Å². The molecule has 0 aromatic heterocycles. The minimum atomic E-state index is -1.28. The fourth-order valence-electron chi connectivity index (χ4n) is 2.20. The van der Waals surface area contributed by atoms with Crippen molar-refractivity contribution in [1.82, 2.24) is 0 Å². The molecule has 4 nitrogen and oxygen atoms in total. The van der Waals surface area contributed by atoms with Gasteiger partial charge in [0.1, 0.15) is 0 Å². The van der Waals surface area contributed by atoms with Crippen molar-refractivity contribution in [3.8, 4) is 0 Å². The minimum absolute atomic E-state index is 0.112. The molecule has 1 N–H and O–H groups in total. The van der Waals surface area contributed by atoms with Gasteiger partial charge in [-0.3, -0.25) is 4.79 Å². The van der Waals surface area contributed by atoms with Crippen LogP contribution >= 0.6 is 0 Å². The van der Waals surface area contributed by atoms with Crippen LogP contribution in [0.25, 0.3) is 0 Å². The molecule has 0 fully saturated rings. The summed E-state index contributed by atoms with van der Waals surface area (Å²) in [5, 5.41) is 20.5. The maximum atomic E-state index is 11.3. The summed E-state index contributed by atoms with van der Waals surface area (Å²) >= 11 is 0. The lowest BCUT2D eigenvalue weighted by molar-refractivity contribution is -0.313. The summed E-state index contributed by atoms with van der Waals surface area (Å²) in [6.07, 6.45) is 0.522. The Morgan fingerprint density at radius 3 is 2.16 bits per heavy atom. The number of carboxylic acids is 2. The first kappa shape index (κ1) is 15.2. The van der Waals surface area contributed by atoms with Crippen molar-refractivity contribution in [2.75, 3.05) is 0 Å². The summed E-state index contributed by atoms with van der Waals surface area (Å²) in [6.45, 7) is 3.74. The van der Waals surface area contributed by atoms with Gasteiger partial charge in [0.25, 0.3) is 0 Å². The second-order valence-corrected chi connectivity index (χ2v) is 5.19. The van der Waals surface area contributed by atoms with E-state index in [4.69, 9.17) is 0 Å². The van der Waals surface area contributed by atoms with Crippen LogP contribution in [-0.2, 0) is 16.0 Å². The molecule has 1 aromatic rings. The van der Waals surface area contributed by atoms with Gasteiger partial charge in [0.05, 0.1) is 5.92 Å². The molecule has 2 atom stereocenters. The number of carbonyl (C=O) groups is 2. The molecule has 104 valence electrons. The molecule has 0 saturated carbocycles. The van der Waals surface area contributed by atoms with Crippen LogP contribution in [0.15, 0.2) is 30.3 Å². The van der Waals surface area contributed by atoms with Crippen LogP contribution in [0.1, 0.15) is 25.8 Å². The minimum Gasteiger partial charge on any atom is -0.550 e. The van der Waals surface area contributed by atoms with Crippen LogP contribution in [0.5, 0.6) is 0 Å². The molecule has 0 radical (unpaired) electrons. The summed E-state index contributed by atoms with van der Waals surface area (Å²) in [7, 11) is 0. The summed E-state index contributed by atoms with van der Waals surface area (Å²) in [5.74, 6) is -4.16. The number of hydrogen-bond acceptors (Lipinski definition) is 3. The molecular formula is C15H19O4-. The molecule has 1 aromatic carbocycles. The maximum absolute atomic E-state index is 11.3. The van der Waals surface area contributed by atoms with Crippen molar-refractivity contribution >= 4 is 11.9 Å². The van der Waals surface area contributed by atoms with Crippen LogP contribution in [0.2, 0.25) is 0 Å². The Bertz CT molecular complexity index is 425. The number of hydrogen-bond donors (Lipinski definition) is 1. The lowest BCUT2D eigenvalue weighted by atomic mass is 9.82. The highest BCUT2D eigenvalue weighted by Crippen LogP contribution is 2.24. The number of carbonyl (C=O) groups excluding carboxylic acids is 1. The van der Waals surface area contributed by atoms with Gasteiger partial charge in [0.2, 0.25) is 0 Å². The molecule has 0 aliphatic carbocycles. The Kier molecular flexibility index (Phi) is 5.55. The third kappa shape index (κ3) is 4.73. The van der Waals surface area contributed by atoms with Crippen LogP contribution in [0.4, 0.5) is 0 Å². The zero-order valence-corrected chi connectivity index (χ0v) is 11.2. The van der Waals surface area contributed by atoms with E-state index >= 15 is 0 Å². The molecule has 1 rings (SSSR count). The van der Waals surface area contributed by atoms with Crippen molar-refractivity contribution in [1.29, 1.82) is 0 Å². The SMILES string of the molecule is CC(C)CC(C(=O)[O-])C(Cc1ccccc1)C(=O)O. The Balaban J connectivity index is 2.91. The van der Waals surface area contributed by atoms with Crippen LogP contribution in [0, 0.1) is 17.8 Å². The zero-order valence-electron chi connectivity index (χ0n) is 11.2. The van der Waals surface area contributed by atoms with Gasteiger partial charge < -0.3 is 15.0 Å². The second kappa shape index (κ2) is 6.92. The van der Waals surface area contributed by atoms with Gasteiger partial charge >= 0.3 is 5.97 Å². The number of benzene rings is 1. The van der Waals surface area contributed by atoms with Crippen LogP contribution < -0.4 is 5.11 Å². The topological polar surface area (TPSA) is 77.4 Å². The number of carboxylic acid groups (broad SMARTS) is 2. The lowest BCUT2D eigenvalue weighted by Crippen LogP contribution is -2.40. The average Bonchev–Trinajstić information content (AvgIpc) is 2.34. The molecule has 0 amide bonds. The van der Waals surface area contributed by atoms with Crippen molar-refractivity contribution in [2.24, 2.45) is 17.8 Å². The van der Waals surface area contributed by atoms with Gasteiger partial charge in [-0.05, 0) is 24.3 Å². The number of rotatable bonds is 7. The number of aliphatic carboxylic acids is 2. The van der Waals surface area contributed by atoms with Gasteiger partial charge in [-0.25, -0.2) is 0 Å². The normalized spacial score (nSPS) is 14.1. The molecule has 2 unspecified atom stereocenters. The Labute approximate surface area is 113 Å². The van der Waals surface area contributed by atoms with E-state index in [1.54, 1.807) is 12.1 Å². The van der Waals surface area contributed by atoms with Gasteiger partial charge in [-0.15, -0.1) is 0 Å². The van der Waals surface area contributed by atoms with Crippen molar-refractivity contribution < 1.29 is 19.8 Å². The van der Waals surface area contributed by atoms with Crippen molar-refractivity contribution in [2.45, 2.75) is 26.7 Å². The largest absolute Gasteiger partial charge is 0.550 e. The highest BCUT2D eigenvalue weighted by molar-refractivity contribution is 5.79. The van der Waals surface area contributed by atoms with Crippen molar-refractivity contribution in [3.63, 3.8) is 0 Å². The van der Waals surface area contributed by atoms with Gasteiger partial charge in [-0.1, -0.05) is 44.2 Å². The summed E-state index contributed by atoms with van der Waals surface area (Å²) in [6, 6.07) is 9.06. The van der Waals surface area contributed by atoms with Crippen molar-refractivity contribution in [3.05, 3.63) is 35.9 Å². The zero-order chi connectivity index (χ0) is 14.4. The fourth-order valence-corrected chi connectivity index (χ4v) is 2.20. The summed E-state index contributed by atoms with van der Waals surface area (Å²) in [5.41, 5.74) is 0.824. The monoisotopic (exact) mass is 263 g/mol. The lowest BCUT2D eigenvalue weighted by Gasteiger charge is -2.26. The Hall–Kier alpha value is -1.84.